The van der Waals surface area contributed by atoms with Crippen molar-refractivity contribution >= 4 is 11.8 Å². The smallest absolute Gasteiger partial charge is 0.162 e. The highest BCUT2D eigenvalue weighted by Crippen LogP contribution is 2.36. The van der Waals surface area contributed by atoms with Crippen molar-refractivity contribution in [2.75, 3.05) is 19.5 Å². The maximum atomic E-state index is 5.66. The first-order chi connectivity index (χ1) is 10.3. The highest BCUT2D eigenvalue weighted by molar-refractivity contribution is 7.98. The molecular formula is C15H19N3O2S. The summed E-state index contributed by atoms with van der Waals surface area (Å²) in [6.07, 6.45) is 3.94. The van der Waals surface area contributed by atoms with E-state index in [4.69, 9.17) is 9.47 Å². The largest absolute Gasteiger partial charge is 0.486 e. The lowest BCUT2D eigenvalue weighted by Gasteiger charge is -2.21. The van der Waals surface area contributed by atoms with Crippen molar-refractivity contribution in [1.82, 2.24) is 15.5 Å². The van der Waals surface area contributed by atoms with Gasteiger partial charge in [-0.3, -0.25) is 5.10 Å². The van der Waals surface area contributed by atoms with Crippen LogP contribution in [0.2, 0.25) is 0 Å². The van der Waals surface area contributed by atoms with Crippen LogP contribution >= 0.6 is 11.8 Å². The molecule has 1 aliphatic rings. The number of nitrogens with one attached hydrogen (secondary N) is 2. The van der Waals surface area contributed by atoms with E-state index in [0.717, 1.165) is 30.3 Å². The van der Waals surface area contributed by atoms with Crippen LogP contribution in [0.15, 0.2) is 23.2 Å². The molecule has 112 valence electrons. The molecule has 0 unspecified atom stereocenters. The van der Waals surface area contributed by atoms with Crippen LogP contribution < -0.4 is 14.8 Å². The molecule has 2 aromatic rings. The third-order valence-corrected chi connectivity index (χ3v) is 4.33. The van der Waals surface area contributed by atoms with Gasteiger partial charge in [-0.05, 0) is 30.9 Å². The lowest BCUT2D eigenvalue weighted by Crippen LogP contribution is -2.17. The summed E-state index contributed by atoms with van der Waals surface area (Å²) < 4.78 is 11.3. The molecule has 0 aliphatic carbocycles. The van der Waals surface area contributed by atoms with Crippen LogP contribution in [0.4, 0.5) is 0 Å². The van der Waals surface area contributed by atoms with Crippen LogP contribution in [-0.4, -0.2) is 29.7 Å². The van der Waals surface area contributed by atoms with E-state index in [1.165, 1.54) is 16.0 Å². The normalized spacial score (nSPS) is 13.4. The summed E-state index contributed by atoms with van der Waals surface area (Å²) >= 11 is 1.73. The topological polar surface area (TPSA) is 59.2 Å². The number of thioether (sulfide) groups is 1. The molecule has 0 bridgehead atoms. The molecule has 2 N–H and O–H groups in total. The number of hydrogen-bond acceptors (Lipinski definition) is 5. The third kappa shape index (κ3) is 3.16. The Labute approximate surface area is 128 Å². The first-order valence-electron chi connectivity index (χ1n) is 6.94. The van der Waals surface area contributed by atoms with Crippen LogP contribution in [0, 0.1) is 6.92 Å². The Bertz CT molecular complexity index is 627. The number of rotatable bonds is 5. The van der Waals surface area contributed by atoms with E-state index in [-0.39, 0.29) is 0 Å². The molecule has 21 heavy (non-hydrogen) atoms. The Kier molecular flexibility index (Phi) is 4.36. The number of H-pyrrole nitrogens is 1. The standard InChI is InChI=1S/C15H19N3O2S/c1-10-12(9-17-18-10)8-16-7-11-5-13-14(6-15(11)21-2)20-4-3-19-13/h5-6,9,16H,3-4,7-8H2,1-2H3,(H,17,18). The zero-order valence-corrected chi connectivity index (χ0v) is 13.0. The molecule has 0 fully saturated rings. The van der Waals surface area contributed by atoms with E-state index in [9.17, 15) is 0 Å². The van der Waals surface area contributed by atoms with E-state index in [2.05, 4.69) is 33.9 Å². The Balaban J connectivity index is 1.70. The molecule has 5 nitrogen and oxygen atoms in total. The van der Waals surface area contributed by atoms with Gasteiger partial charge in [0.2, 0.25) is 0 Å². The zero-order chi connectivity index (χ0) is 14.7. The summed E-state index contributed by atoms with van der Waals surface area (Å²) in [4.78, 5) is 1.22. The minimum atomic E-state index is 0.618. The zero-order valence-electron chi connectivity index (χ0n) is 12.2. The van der Waals surface area contributed by atoms with Crippen LogP contribution in [0.5, 0.6) is 11.5 Å². The summed E-state index contributed by atoms with van der Waals surface area (Å²) in [5.74, 6) is 1.69. The minimum absolute atomic E-state index is 0.618. The molecule has 0 spiro atoms. The van der Waals surface area contributed by atoms with Gasteiger partial charge in [-0.2, -0.15) is 5.10 Å². The summed E-state index contributed by atoms with van der Waals surface area (Å²) in [6.45, 7) is 4.86. The van der Waals surface area contributed by atoms with Crippen LogP contribution in [-0.2, 0) is 13.1 Å². The van der Waals surface area contributed by atoms with E-state index < -0.39 is 0 Å². The highest BCUT2D eigenvalue weighted by atomic mass is 32.2. The van der Waals surface area contributed by atoms with Crippen LogP contribution in [0.3, 0.4) is 0 Å². The molecule has 0 atom stereocenters. The predicted molar refractivity (Wildman–Crippen MR) is 83.1 cm³/mol. The molecular weight excluding hydrogens is 286 g/mol. The van der Waals surface area contributed by atoms with Crippen LogP contribution in [0.1, 0.15) is 16.8 Å². The third-order valence-electron chi connectivity index (χ3n) is 3.51. The molecule has 1 aliphatic heterocycles. The fourth-order valence-electron chi connectivity index (χ4n) is 2.33. The molecule has 3 rings (SSSR count). The van der Waals surface area contributed by atoms with Gasteiger partial charge >= 0.3 is 0 Å². The monoisotopic (exact) mass is 305 g/mol. The van der Waals surface area contributed by atoms with Crippen molar-refractivity contribution in [3.8, 4) is 11.5 Å². The Hall–Kier alpha value is -1.66. The first-order valence-corrected chi connectivity index (χ1v) is 8.16. The lowest BCUT2D eigenvalue weighted by molar-refractivity contribution is 0.171. The second-order valence-corrected chi connectivity index (χ2v) is 5.78. The predicted octanol–water partition coefficient (Wildman–Crippen LogP) is 2.50. The number of fused-ring (bicyclic) bond motifs is 1. The quantitative estimate of drug-likeness (QED) is 0.831. The number of aryl methyl sites for hydroxylation is 1. The van der Waals surface area contributed by atoms with Gasteiger partial charge in [0, 0.05) is 29.2 Å². The van der Waals surface area contributed by atoms with E-state index >= 15 is 0 Å². The molecule has 0 amide bonds. The van der Waals surface area contributed by atoms with E-state index in [0.29, 0.717) is 13.2 Å². The summed E-state index contributed by atoms with van der Waals surface area (Å²) in [5, 5.41) is 10.4. The number of ether oxygens (including phenoxy) is 2. The molecule has 1 aromatic heterocycles. The van der Waals surface area contributed by atoms with E-state index in [1.54, 1.807) is 11.8 Å². The fraction of sp³-hybridized carbons (Fsp3) is 0.400. The molecule has 1 aromatic carbocycles. The number of nitrogens with zero attached hydrogens (tertiary/aromatic N) is 1. The minimum Gasteiger partial charge on any atom is -0.486 e. The Morgan fingerprint density at radius 3 is 2.57 bits per heavy atom. The Morgan fingerprint density at radius 1 is 1.19 bits per heavy atom. The maximum Gasteiger partial charge on any atom is 0.162 e. The van der Waals surface area contributed by atoms with Crippen molar-refractivity contribution in [1.29, 1.82) is 0 Å². The van der Waals surface area contributed by atoms with E-state index in [1.807, 2.05) is 13.1 Å². The number of hydrogen-bond donors (Lipinski definition) is 2. The summed E-state index contributed by atoms with van der Waals surface area (Å²) in [7, 11) is 0. The SMILES string of the molecule is CSc1cc2c(cc1CNCc1cn[nH]c1C)OCCO2. The van der Waals surface area contributed by atoms with Crippen molar-refractivity contribution in [2.24, 2.45) is 0 Å². The van der Waals surface area contributed by atoms with Crippen molar-refractivity contribution < 1.29 is 9.47 Å². The van der Waals surface area contributed by atoms with Gasteiger partial charge in [-0.15, -0.1) is 11.8 Å². The van der Waals surface area contributed by atoms with Gasteiger partial charge in [-0.25, -0.2) is 0 Å². The van der Waals surface area contributed by atoms with Crippen LogP contribution in [0.25, 0.3) is 0 Å². The second kappa shape index (κ2) is 6.41. The molecule has 0 radical (unpaired) electrons. The maximum absolute atomic E-state index is 5.66. The van der Waals surface area contributed by atoms with Gasteiger partial charge in [0.25, 0.3) is 0 Å². The van der Waals surface area contributed by atoms with Gasteiger partial charge in [-0.1, -0.05) is 0 Å². The van der Waals surface area contributed by atoms with Gasteiger partial charge < -0.3 is 14.8 Å². The average Bonchev–Trinajstić information content (AvgIpc) is 2.92. The van der Waals surface area contributed by atoms with Gasteiger partial charge in [0.05, 0.1) is 6.20 Å². The van der Waals surface area contributed by atoms with Gasteiger partial charge in [0.1, 0.15) is 13.2 Å². The molecule has 6 heteroatoms. The number of aromatic nitrogens is 2. The molecule has 2 heterocycles. The van der Waals surface area contributed by atoms with Crippen molar-refractivity contribution in [3.05, 3.63) is 35.2 Å². The van der Waals surface area contributed by atoms with Crippen molar-refractivity contribution in [2.45, 2.75) is 24.9 Å². The molecule has 0 saturated heterocycles. The van der Waals surface area contributed by atoms with Crippen molar-refractivity contribution in [3.63, 3.8) is 0 Å². The number of benzene rings is 1. The Morgan fingerprint density at radius 2 is 1.90 bits per heavy atom. The van der Waals surface area contributed by atoms with Gasteiger partial charge in [0.15, 0.2) is 11.5 Å². The average molecular weight is 305 g/mol. The summed E-state index contributed by atoms with van der Waals surface area (Å²) in [5.41, 5.74) is 3.53. The number of aromatic amines is 1. The summed E-state index contributed by atoms with van der Waals surface area (Å²) in [6, 6.07) is 4.15. The second-order valence-electron chi connectivity index (χ2n) is 4.93. The molecule has 0 saturated carbocycles. The first kappa shape index (κ1) is 14.3. The fourth-order valence-corrected chi connectivity index (χ4v) is 2.94. The highest BCUT2D eigenvalue weighted by Gasteiger charge is 2.15. The lowest BCUT2D eigenvalue weighted by atomic mass is 10.2.